The van der Waals surface area contributed by atoms with Crippen molar-refractivity contribution in [2.75, 3.05) is 0 Å². The molecule has 1 heterocycles. The summed E-state index contributed by atoms with van der Waals surface area (Å²) in [7, 11) is 2.66. The van der Waals surface area contributed by atoms with Gasteiger partial charge in [-0.25, -0.2) is 5.09 Å². The number of nitrogens with zero attached hydrogens (tertiary/aromatic N) is 1. The molecular weight excluding hydrogens is 160 g/mol. The van der Waals surface area contributed by atoms with E-state index in [0.29, 0.717) is 0 Å². The summed E-state index contributed by atoms with van der Waals surface area (Å²) >= 11 is 0. The minimum absolute atomic E-state index is 1.23. The Hall–Kier alpha value is 0.140. The fourth-order valence-corrected chi connectivity index (χ4v) is 3.38. The fourth-order valence-electron chi connectivity index (χ4n) is 0.849. The summed E-state index contributed by atoms with van der Waals surface area (Å²) in [6.45, 7) is 4.36. The van der Waals surface area contributed by atoms with Crippen molar-refractivity contribution >= 4 is 15.9 Å². The SMILES string of the molecule is CCCCC1=C(C)[N]P=P1. The molecular formula is C7H12NP2. The van der Waals surface area contributed by atoms with Crippen molar-refractivity contribution in [3.63, 3.8) is 0 Å². The number of allylic oxidation sites excluding steroid dienone is 2. The largest absolute Gasteiger partial charge is 0.227 e. The van der Waals surface area contributed by atoms with E-state index in [9.17, 15) is 0 Å². The molecule has 0 aromatic carbocycles. The molecule has 0 aromatic rings. The van der Waals surface area contributed by atoms with Crippen LogP contribution in [-0.4, -0.2) is 0 Å². The first-order valence-electron chi connectivity index (χ1n) is 3.66. The summed E-state index contributed by atoms with van der Waals surface area (Å²) in [6.07, 6.45) is 3.88. The first-order valence-corrected chi connectivity index (χ1v) is 6.11. The molecule has 0 atom stereocenters. The molecule has 1 radical (unpaired) electrons. The van der Waals surface area contributed by atoms with Crippen LogP contribution in [0.1, 0.15) is 33.1 Å². The van der Waals surface area contributed by atoms with Crippen LogP contribution in [-0.2, 0) is 0 Å². The predicted octanol–water partition coefficient (Wildman–Crippen LogP) is 3.75. The standard InChI is InChI=1S/C7H12NP2/c1-3-4-5-7-6(2)8-10-9-7/h3-5H2,1-2H3. The van der Waals surface area contributed by atoms with Crippen LogP contribution in [0.2, 0.25) is 0 Å². The summed E-state index contributed by atoms with van der Waals surface area (Å²) < 4.78 is 0. The predicted molar refractivity (Wildman–Crippen MR) is 48.2 cm³/mol. The molecule has 55 valence electrons. The molecule has 1 nitrogen and oxygen atoms in total. The average molecular weight is 172 g/mol. The van der Waals surface area contributed by atoms with Gasteiger partial charge in [0.25, 0.3) is 0 Å². The molecule has 1 rings (SSSR count). The van der Waals surface area contributed by atoms with Gasteiger partial charge in [-0.3, -0.25) is 0 Å². The van der Waals surface area contributed by atoms with E-state index in [1.54, 1.807) is 5.31 Å². The maximum Gasteiger partial charge on any atom is 0.0699 e. The lowest BCUT2D eigenvalue weighted by molar-refractivity contribution is 0.801. The summed E-state index contributed by atoms with van der Waals surface area (Å²) in [5.41, 5.74) is 1.29. The van der Waals surface area contributed by atoms with Gasteiger partial charge in [0.2, 0.25) is 0 Å². The minimum atomic E-state index is 1.23. The normalized spacial score (nSPS) is 19.4. The lowest BCUT2D eigenvalue weighted by atomic mass is 10.2. The van der Waals surface area contributed by atoms with Crippen LogP contribution in [0, 0.1) is 0 Å². The van der Waals surface area contributed by atoms with E-state index >= 15 is 0 Å². The molecule has 1 aliphatic rings. The van der Waals surface area contributed by atoms with Gasteiger partial charge in [0.15, 0.2) is 0 Å². The van der Waals surface area contributed by atoms with Crippen LogP contribution in [0.5, 0.6) is 0 Å². The molecule has 0 aromatic heterocycles. The summed E-state index contributed by atoms with van der Waals surface area (Å²) in [5.74, 6) is 0. The van der Waals surface area contributed by atoms with Crippen LogP contribution in [0.25, 0.3) is 0 Å². The van der Waals surface area contributed by atoms with Gasteiger partial charge >= 0.3 is 0 Å². The molecule has 0 unspecified atom stereocenters. The van der Waals surface area contributed by atoms with E-state index in [0.717, 1.165) is 0 Å². The maximum absolute atomic E-state index is 4.31. The van der Waals surface area contributed by atoms with Gasteiger partial charge in [0.05, 0.1) is 13.7 Å². The second kappa shape index (κ2) is 4.11. The van der Waals surface area contributed by atoms with E-state index < -0.39 is 0 Å². The van der Waals surface area contributed by atoms with E-state index in [4.69, 9.17) is 0 Å². The third kappa shape index (κ3) is 2.08. The van der Waals surface area contributed by atoms with Crippen molar-refractivity contribution in [1.82, 2.24) is 5.09 Å². The Kier molecular flexibility index (Phi) is 3.39. The van der Waals surface area contributed by atoms with Crippen molar-refractivity contribution in [2.24, 2.45) is 0 Å². The van der Waals surface area contributed by atoms with E-state index in [-0.39, 0.29) is 0 Å². The zero-order valence-corrected chi connectivity index (χ0v) is 8.25. The first-order chi connectivity index (χ1) is 4.84. The number of hydrogen-bond donors (Lipinski definition) is 0. The highest BCUT2D eigenvalue weighted by atomic mass is 31.7. The summed E-state index contributed by atoms with van der Waals surface area (Å²) in [5, 5.41) is 5.87. The molecule has 10 heavy (non-hydrogen) atoms. The molecule has 0 N–H and O–H groups in total. The van der Waals surface area contributed by atoms with E-state index in [2.05, 4.69) is 18.9 Å². The van der Waals surface area contributed by atoms with Gasteiger partial charge in [0.1, 0.15) is 0 Å². The minimum Gasteiger partial charge on any atom is -0.227 e. The summed E-state index contributed by atoms with van der Waals surface area (Å²) in [6, 6.07) is 0. The van der Waals surface area contributed by atoms with Crippen LogP contribution in [0.3, 0.4) is 0 Å². The molecule has 0 spiro atoms. The Morgan fingerprint density at radius 2 is 2.30 bits per heavy atom. The Morgan fingerprint density at radius 3 is 2.80 bits per heavy atom. The lowest BCUT2D eigenvalue weighted by Crippen LogP contribution is -1.84. The van der Waals surface area contributed by atoms with Gasteiger partial charge in [-0.1, -0.05) is 13.3 Å². The van der Waals surface area contributed by atoms with Crippen molar-refractivity contribution in [1.29, 1.82) is 0 Å². The second-order valence-corrected chi connectivity index (χ2v) is 4.68. The van der Waals surface area contributed by atoms with Crippen LogP contribution in [0.4, 0.5) is 0 Å². The zero-order valence-electron chi connectivity index (χ0n) is 6.46. The molecule has 0 saturated carbocycles. The van der Waals surface area contributed by atoms with E-state index in [1.807, 2.05) is 0 Å². The quantitative estimate of drug-likeness (QED) is 0.575. The smallest absolute Gasteiger partial charge is 0.0699 e. The molecule has 0 aliphatic carbocycles. The summed E-state index contributed by atoms with van der Waals surface area (Å²) in [4.78, 5) is 0. The topological polar surface area (TPSA) is 14.1 Å². The molecule has 0 saturated heterocycles. The number of unbranched alkanes of at least 4 members (excludes halogenated alkanes) is 1. The van der Waals surface area contributed by atoms with Crippen molar-refractivity contribution in [3.05, 3.63) is 11.0 Å². The second-order valence-electron chi connectivity index (χ2n) is 2.43. The third-order valence-electron chi connectivity index (χ3n) is 1.54. The third-order valence-corrected chi connectivity index (χ3v) is 4.07. The van der Waals surface area contributed by atoms with E-state index in [1.165, 1.54) is 40.8 Å². The first kappa shape index (κ1) is 8.24. The Bertz CT molecular complexity index is 172. The van der Waals surface area contributed by atoms with Crippen molar-refractivity contribution in [2.45, 2.75) is 33.1 Å². The molecule has 0 bridgehead atoms. The maximum atomic E-state index is 4.31. The lowest BCUT2D eigenvalue weighted by Gasteiger charge is -1.96. The Labute approximate surface area is 65.8 Å². The highest BCUT2D eigenvalue weighted by Gasteiger charge is 2.05. The number of rotatable bonds is 3. The average Bonchev–Trinajstić information content (AvgIpc) is 2.31. The van der Waals surface area contributed by atoms with Crippen molar-refractivity contribution in [3.8, 4) is 0 Å². The van der Waals surface area contributed by atoms with Gasteiger partial charge in [-0.15, -0.1) is 0 Å². The van der Waals surface area contributed by atoms with Gasteiger partial charge in [-0.2, -0.15) is 0 Å². The molecule has 1 aliphatic heterocycles. The van der Waals surface area contributed by atoms with Crippen LogP contribution >= 0.6 is 15.9 Å². The monoisotopic (exact) mass is 172 g/mol. The fraction of sp³-hybridized carbons (Fsp3) is 0.714. The van der Waals surface area contributed by atoms with Crippen molar-refractivity contribution < 1.29 is 0 Å². The Morgan fingerprint density at radius 1 is 1.50 bits per heavy atom. The van der Waals surface area contributed by atoms with Gasteiger partial charge in [0, 0.05) is 5.31 Å². The van der Waals surface area contributed by atoms with Gasteiger partial charge in [-0.05, 0) is 27.6 Å². The molecule has 0 amide bonds. The number of hydrogen-bond acceptors (Lipinski definition) is 0. The highest BCUT2D eigenvalue weighted by molar-refractivity contribution is 7.85. The van der Waals surface area contributed by atoms with Crippen LogP contribution < -0.4 is 5.09 Å². The zero-order chi connectivity index (χ0) is 7.40. The Balaban J connectivity index is 2.38. The van der Waals surface area contributed by atoms with Gasteiger partial charge < -0.3 is 0 Å². The van der Waals surface area contributed by atoms with Crippen LogP contribution in [0.15, 0.2) is 11.0 Å². The molecule has 0 fully saturated rings. The molecule has 3 heteroatoms. The highest BCUT2D eigenvalue weighted by Crippen LogP contribution is 2.37.